The molecule has 142 valence electrons. The third-order valence-electron chi connectivity index (χ3n) is 4.58. The molecule has 0 bridgehead atoms. The molecule has 1 aliphatic rings. The SMILES string of the molecule is C#CCCC1(CCNC(=O)C(NC(=O)c2ccccc2)c2ccccc2)N=N1. The number of carbonyl (C=O) groups excluding carboxylic acids is 2. The van der Waals surface area contributed by atoms with Crippen LogP contribution in [0.15, 0.2) is 70.9 Å². The van der Waals surface area contributed by atoms with Gasteiger partial charge in [-0.3, -0.25) is 9.59 Å². The van der Waals surface area contributed by atoms with Gasteiger partial charge in [0.05, 0.1) is 0 Å². The molecule has 6 nitrogen and oxygen atoms in total. The highest BCUT2D eigenvalue weighted by atomic mass is 16.2. The van der Waals surface area contributed by atoms with Crippen molar-refractivity contribution in [2.45, 2.75) is 31.0 Å². The summed E-state index contributed by atoms with van der Waals surface area (Å²) in [4.78, 5) is 25.4. The Morgan fingerprint density at radius 3 is 2.25 bits per heavy atom. The van der Waals surface area contributed by atoms with E-state index in [9.17, 15) is 9.59 Å². The molecule has 0 saturated heterocycles. The number of rotatable bonds is 9. The van der Waals surface area contributed by atoms with Crippen LogP contribution in [0.5, 0.6) is 0 Å². The summed E-state index contributed by atoms with van der Waals surface area (Å²) < 4.78 is 0. The summed E-state index contributed by atoms with van der Waals surface area (Å²) in [6.07, 6.45) is 7.17. The van der Waals surface area contributed by atoms with Crippen LogP contribution in [0, 0.1) is 12.3 Å². The lowest BCUT2D eigenvalue weighted by Gasteiger charge is -2.19. The molecule has 2 N–H and O–H groups in total. The number of nitrogens with zero attached hydrogens (tertiary/aromatic N) is 2. The summed E-state index contributed by atoms with van der Waals surface area (Å²) in [6.45, 7) is 0.404. The molecule has 28 heavy (non-hydrogen) atoms. The number of benzene rings is 2. The van der Waals surface area contributed by atoms with Crippen LogP contribution in [0.4, 0.5) is 0 Å². The van der Waals surface area contributed by atoms with Crippen LogP contribution in [0.3, 0.4) is 0 Å². The Morgan fingerprint density at radius 1 is 1.00 bits per heavy atom. The second-order valence-corrected chi connectivity index (χ2v) is 6.61. The molecular formula is C22H22N4O2. The Hall–Kier alpha value is -3.46. The van der Waals surface area contributed by atoms with Crippen LogP contribution in [0.2, 0.25) is 0 Å². The minimum absolute atomic E-state index is 0.275. The Bertz CT molecular complexity index is 882. The first-order valence-electron chi connectivity index (χ1n) is 9.20. The third-order valence-corrected chi connectivity index (χ3v) is 4.58. The molecule has 0 aliphatic carbocycles. The van der Waals surface area contributed by atoms with Crippen molar-refractivity contribution < 1.29 is 9.59 Å². The van der Waals surface area contributed by atoms with Gasteiger partial charge in [0, 0.05) is 31.4 Å². The van der Waals surface area contributed by atoms with E-state index in [1.807, 2.05) is 36.4 Å². The molecule has 0 fully saturated rings. The van der Waals surface area contributed by atoms with E-state index in [0.717, 1.165) is 0 Å². The molecule has 2 aromatic carbocycles. The molecule has 1 heterocycles. The maximum Gasteiger partial charge on any atom is 0.252 e. The zero-order chi connectivity index (χ0) is 19.8. The van der Waals surface area contributed by atoms with Gasteiger partial charge in [-0.1, -0.05) is 48.5 Å². The number of hydrogen-bond acceptors (Lipinski definition) is 4. The van der Waals surface area contributed by atoms with Crippen LogP contribution in [-0.4, -0.2) is 24.0 Å². The lowest BCUT2D eigenvalue weighted by molar-refractivity contribution is -0.123. The largest absolute Gasteiger partial charge is 0.354 e. The van der Waals surface area contributed by atoms with E-state index in [1.165, 1.54) is 0 Å². The molecule has 6 heteroatoms. The normalized spacial score (nSPS) is 14.5. The topological polar surface area (TPSA) is 82.9 Å². The molecule has 1 aliphatic heterocycles. The lowest BCUT2D eigenvalue weighted by atomic mass is 10.0. The van der Waals surface area contributed by atoms with Crippen molar-refractivity contribution in [3.05, 3.63) is 71.8 Å². The van der Waals surface area contributed by atoms with E-state index in [-0.39, 0.29) is 11.8 Å². The highest BCUT2D eigenvalue weighted by Crippen LogP contribution is 2.36. The van der Waals surface area contributed by atoms with Crippen LogP contribution < -0.4 is 10.6 Å². The first-order valence-corrected chi connectivity index (χ1v) is 9.20. The predicted molar refractivity (Wildman–Crippen MR) is 106 cm³/mol. The fourth-order valence-electron chi connectivity index (χ4n) is 2.91. The van der Waals surface area contributed by atoms with Gasteiger partial charge >= 0.3 is 0 Å². The quantitative estimate of drug-likeness (QED) is 0.661. The van der Waals surface area contributed by atoms with Crippen molar-refractivity contribution >= 4 is 11.8 Å². The zero-order valence-electron chi connectivity index (χ0n) is 15.5. The average Bonchev–Trinajstić information content (AvgIpc) is 3.51. The Kier molecular flexibility index (Phi) is 6.18. The fraction of sp³-hybridized carbons (Fsp3) is 0.273. The number of terminal acetylenes is 1. The van der Waals surface area contributed by atoms with Crippen molar-refractivity contribution in [3.63, 3.8) is 0 Å². The first-order chi connectivity index (χ1) is 13.6. The van der Waals surface area contributed by atoms with Crippen LogP contribution in [-0.2, 0) is 4.79 Å². The highest BCUT2D eigenvalue weighted by Gasteiger charge is 2.38. The first kappa shape index (κ1) is 19.3. The van der Waals surface area contributed by atoms with Gasteiger partial charge < -0.3 is 10.6 Å². The number of carbonyl (C=O) groups is 2. The summed E-state index contributed by atoms with van der Waals surface area (Å²) in [5.41, 5.74) is 0.766. The van der Waals surface area contributed by atoms with Crippen molar-refractivity contribution in [1.82, 2.24) is 10.6 Å². The van der Waals surface area contributed by atoms with Crippen molar-refractivity contribution in [3.8, 4) is 12.3 Å². The maximum atomic E-state index is 12.8. The molecule has 2 aromatic rings. The molecule has 0 spiro atoms. The van der Waals surface area contributed by atoms with Gasteiger partial charge in [-0.15, -0.1) is 12.3 Å². The third kappa shape index (κ3) is 5.04. The number of amides is 2. The minimum atomic E-state index is -0.788. The van der Waals surface area contributed by atoms with Crippen LogP contribution >= 0.6 is 0 Å². The van der Waals surface area contributed by atoms with E-state index < -0.39 is 11.7 Å². The summed E-state index contributed by atoms with van der Waals surface area (Å²) >= 11 is 0. The number of hydrogen-bond donors (Lipinski definition) is 2. The lowest BCUT2D eigenvalue weighted by Crippen LogP contribution is -2.41. The Balaban J connectivity index is 1.63. The average molecular weight is 374 g/mol. The van der Waals surface area contributed by atoms with Gasteiger partial charge in [0.15, 0.2) is 5.66 Å². The molecule has 0 saturated carbocycles. The second kappa shape index (κ2) is 8.96. The summed E-state index contributed by atoms with van der Waals surface area (Å²) in [7, 11) is 0. The van der Waals surface area contributed by atoms with E-state index in [2.05, 4.69) is 26.8 Å². The van der Waals surface area contributed by atoms with Gasteiger partial charge in [-0.05, 0) is 17.7 Å². The molecule has 2 amide bonds. The molecule has 1 unspecified atom stereocenters. The minimum Gasteiger partial charge on any atom is -0.354 e. The molecular weight excluding hydrogens is 352 g/mol. The van der Waals surface area contributed by atoms with Crippen molar-refractivity contribution in [2.24, 2.45) is 10.2 Å². The van der Waals surface area contributed by atoms with Crippen molar-refractivity contribution in [2.75, 3.05) is 6.54 Å². The van der Waals surface area contributed by atoms with E-state index in [1.54, 1.807) is 24.3 Å². The summed E-state index contributed by atoms with van der Waals surface area (Å²) in [5.74, 6) is 2.01. The van der Waals surface area contributed by atoms with Crippen molar-refractivity contribution in [1.29, 1.82) is 0 Å². The summed E-state index contributed by atoms with van der Waals surface area (Å²) in [6, 6.07) is 17.2. The number of nitrogens with one attached hydrogen (secondary N) is 2. The molecule has 3 rings (SSSR count). The monoisotopic (exact) mass is 374 g/mol. The predicted octanol–water partition coefficient (Wildman–Crippen LogP) is 3.24. The van der Waals surface area contributed by atoms with Gasteiger partial charge in [-0.2, -0.15) is 10.2 Å². The van der Waals surface area contributed by atoms with Crippen LogP contribution in [0.1, 0.15) is 41.2 Å². The molecule has 1 atom stereocenters. The van der Waals surface area contributed by atoms with Gasteiger partial charge in [-0.25, -0.2) is 0 Å². The fourth-order valence-corrected chi connectivity index (χ4v) is 2.91. The van der Waals surface area contributed by atoms with Crippen LogP contribution in [0.25, 0.3) is 0 Å². The van der Waals surface area contributed by atoms with Gasteiger partial charge in [0.2, 0.25) is 5.91 Å². The summed E-state index contributed by atoms with van der Waals surface area (Å²) in [5, 5.41) is 13.8. The van der Waals surface area contributed by atoms with E-state index >= 15 is 0 Å². The Morgan fingerprint density at radius 2 is 1.64 bits per heavy atom. The standard InChI is InChI=1S/C22H22N4O2/c1-2-3-14-22(25-26-22)15-16-23-21(28)19(17-10-6-4-7-11-17)24-20(27)18-12-8-5-9-13-18/h1,4-13,19H,3,14-16H2,(H,23,28)(H,24,27). The highest BCUT2D eigenvalue weighted by molar-refractivity contribution is 5.97. The smallest absolute Gasteiger partial charge is 0.252 e. The maximum absolute atomic E-state index is 12.8. The Labute approximate surface area is 164 Å². The molecule has 0 aromatic heterocycles. The van der Waals surface area contributed by atoms with Gasteiger partial charge in [0.1, 0.15) is 6.04 Å². The molecule has 0 radical (unpaired) electrons. The van der Waals surface area contributed by atoms with E-state index in [0.29, 0.717) is 36.9 Å². The van der Waals surface area contributed by atoms with E-state index in [4.69, 9.17) is 6.42 Å². The second-order valence-electron chi connectivity index (χ2n) is 6.61. The van der Waals surface area contributed by atoms with Gasteiger partial charge in [0.25, 0.3) is 5.91 Å². The zero-order valence-corrected chi connectivity index (χ0v) is 15.5.